The summed E-state index contributed by atoms with van der Waals surface area (Å²) in [6.07, 6.45) is 1.55. The number of fused-ring (bicyclic) bond motifs is 2. The molecule has 1 N–H and O–H groups in total. The van der Waals surface area contributed by atoms with Gasteiger partial charge in [0.1, 0.15) is 11.4 Å². The van der Waals surface area contributed by atoms with E-state index in [1.54, 1.807) is 4.90 Å². The molecule has 1 aromatic heterocycles. The summed E-state index contributed by atoms with van der Waals surface area (Å²) in [6.45, 7) is 6.37. The van der Waals surface area contributed by atoms with Gasteiger partial charge in [0.05, 0.1) is 17.1 Å². The van der Waals surface area contributed by atoms with Crippen LogP contribution in [0.1, 0.15) is 45.5 Å². The topological polar surface area (TPSA) is 58.2 Å². The number of aromatic nitrogens is 2. The Hall–Kier alpha value is -2.86. The first-order chi connectivity index (χ1) is 15.3. The Morgan fingerprint density at radius 2 is 1.78 bits per heavy atom. The minimum atomic E-state index is -0.511. The fourth-order valence-electron chi connectivity index (χ4n) is 4.35. The maximum Gasteiger partial charge on any atom is 0.410 e. The summed E-state index contributed by atoms with van der Waals surface area (Å²) in [4.78, 5) is 22.8. The van der Waals surface area contributed by atoms with Gasteiger partial charge >= 0.3 is 6.09 Å². The second-order valence-corrected chi connectivity index (χ2v) is 10.3. The van der Waals surface area contributed by atoms with E-state index in [1.165, 1.54) is 10.8 Å². The van der Waals surface area contributed by atoms with E-state index in [1.807, 2.05) is 26.8 Å². The highest BCUT2D eigenvalue weighted by Crippen LogP contribution is 2.34. The van der Waals surface area contributed by atoms with Crippen LogP contribution >= 0.6 is 15.9 Å². The smallest absolute Gasteiger partial charge is 0.410 e. The zero-order valence-electron chi connectivity index (χ0n) is 18.5. The summed E-state index contributed by atoms with van der Waals surface area (Å²) in [5.41, 5.74) is 3.67. The number of hydrogen-bond acceptors (Lipinski definition) is 3. The average molecular weight is 492 g/mol. The van der Waals surface area contributed by atoms with Crippen LogP contribution in [0.5, 0.6) is 0 Å². The van der Waals surface area contributed by atoms with Crippen molar-refractivity contribution in [3.8, 4) is 11.1 Å². The van der Waals surface area contributed by atoms with E-state index in [2.05, 4.69) is 69.4 Å². The Balaban J connectivity index is 1.45. The third kappa shape index (κ3) is 4.11. The third-order valence-electron chi connectivity index (χ3n) is 5.83. The lowest BCUT2D eigenvalue weighted by Gasteiger charge is -2.27. The molecule has 0 bridgehead atoms. The fraction of sp³-hybridized carbons (Fsp3) is 0.308. The Labute approximate surface area is 195 Å². The van der Waals surface area contributed by atoms with E-state index in [0.717, 1.165) is 45.3 Å². The highest BCUT2D eigenvalue weighted by molar-refractivity contribution is 9.10. The number of nitrogens with zero attached hydrogens (tertiary/aromatic N) is 2. The number of imidazole rings is 1. The largest absolute Gasteiger partial charge is 0.444 e. The number of halogens is 1. The van der Waals surface area contributed by atoms with Crippen LogP contribution in [0.15, 0.2) is 59.1 Å². The van der Waals surface area contributed by atoms with Crippen LogP contribution in [-0.4, -0.2) is 33.1 Å². The quantitative estimate of drug-likeness (QED) is 0.322. The van der Waals surface area contributed by atoms with Crippen LogP contribution in [0.3, 0.4) is 0 Å². The molecule has 5 rings (SSSR count). The Morgan fingerprint density at radius 1 is 1.06 bits per heavy atom. The van der Waals surface area contributed by atoms with Gasteiger partial charge in [-0.05, 0) is 85.8 Å². The summed E-state index contributed by atoms with van der Waals surface area (Å²) in [5, 5.41) is 2.41. The maximum absolute atomic E-state index is 12.7. The predicted molar refractivity (Wildman–Crippen MR) is 132 cm³/mol. The van der Waals surface area contributed by atoms with E-state index in [-0.39, 0.29) is 12.1 Å². The molecule has 0 radical (unpaired) electrons. The van der Waals surface area contributed by atoms with Crippen molar-refractivity contribution >= 4 is 43.8 Å². The van der Waals surface area contributed by atoms with Gasteiger partial charge in [-0.25, -0.2) is 9.78 Å². The highest BCUT2D eigenvalue weighted by atomic mass is 79.9. The van der Waals surface area contributed by atoms with Crippen molar-refractivity contribution in [1.82, 2.24) is 14.9 Å². The monoisotopic (exact) mass is 491 g/mol. The number of amides is 1. The van der Waals surface area contributed by atoms with Gasteiger partial charge in [-0.2, -0.15) is 0 Å². The molecule has 0 spiro atoms. The van der Waals surface area contributed by atoms with Crippen LogP contribution < -0.4 is 0 Å². The molecule has 1 amide bonds. The first-order valence-electron chi connectivity index (χ1n) is 11.0. The van der Waals surface area contributed by atoms with E-state index < -0.39 is 5.60 Å². The SMILES string of the molecule is CC(C)(C)OC(=O)N1CCCC1c1nc2ccc(-c3ccc4cc(Br)ccc4c3)cc2[nH]1. The van der Waals surface area contributed by atoms with Gasteiger partial charge in [0.2, 0.25) is 0 Å². The Kier molecular flexibility index (Phi) is 5.20. The summed E-state index contributed by atoms with van der Waals surface area (Å²) >= 11 is 3.54. The molecule has 1 saturated heterocycles. The van der Waals surface area contributed by atoms with Gasteiger partial charge in [-0.3, -0.25) is 4.90 Å². The van der Waals surface area contributed by atoms with E-state index in [4.69, 9.17) is 9.72 Å². The molecule has 3 aromatic carbocycles. The molecule has 4 aromatic rings. The van der Waals surface area contributed by atoms with Crippen LogP contribution in [0.2, 0.25) is 0 Å². The zero-order chi connectivity index (χ0) is 22.5. The van der Waals surface area contributed by atoms with Crippen molar-refractivity contribution in [2.24, 2.45) is 0 Å². The number of likely N-dealkylation sites (tertiary alicyclic amines) is 1. The van der Waals surface area contributed by atoms with Crippen molar-refractivity contribution in [2.75, 3.05) is 6.54 Å². The highest BCUT2D eigenvalue weighted by Gasteiger charge is 2.34. The normalized spacial score (nSPS) is 16.8. The molecule has 1 atom stereocenters. The number of rotatable bonds is 2. The zero-order valence-corrected chi connectivity index (χ0v) is 20.1. The van der Waals surface area contributed by atoms with Gasteiger partial charge in [0.15, 0.2) is 0 Å². The number of hydrogen-bond donors (Lipinski definition) is 1. The lowest BCUT2D eigenvalue weighted by atomic mass is 10.0. The van der Waals surface area contributed by atoms with E-state index in [0.29, 0.717) is 6.54 Å². The van der Waals surface area contributed by atoms with Gasteiger partial charge in [-0.1, -0.05) is 40.2 Å². The molecule has 1 unspecified atom stereocenters. The van der Waals surface area contributed by atoms with Crippen molar-refractivity contribution in [2.45, 2.75) is 45.3 Å². The van der Waals surface area contributed by atoms with Crippen molar-refractivity contribution < 1.29 is 9.53 Å². The van der Waals surface area contributed by atoms with E-state index in [9.17, 15) is 4.79 Å². The van der Waals surface area contributed by atoms with Gasteiger partial charge in [0.25, 0.3) is 0 Å². The van der Waals surface area contributed by atoms with Crippen molar-refractivity contribution in [3.05, 3.63) is 64.9 Å². The summed E-state index contributed by atoms with van der Waals surface area (Å²) in [5.74, 6) is 0.823. The Morgan fingerprint density at radius 3 is 2.59 bits per heavy atom. The molecule has 1 fully saturated rings. The summed E-state index contributed by atoms with van der Waals surface area (Å²) in [7, 11) is 0. The van der Waals surface area contributed by atoms with Crippen LogP contribution in [0, 0.1) is 0 Å². The molecule has 2 heterocycles. The lowest BCUT2D eigenvalue weighted by Crippen LogP contribution is -2.36. The number of nitrogens with one attached hydrogen (secondary N) is 1. The molecule has 1 aliphatic rings. The molecule has 164 valence electrons. The molecule has 32 heavy (non-hydrogen) atoms. The van der Waals surface area contributed by atoms with Crippen LogP contribution in [0.25, 0.3) is 32.9 Å². The number of aromatic amines is 1. The first kappa shape index (κ1) is 21.0. The summed E-state index contributed by atoms with van der Waals surface area (Å²) < 4.78 is 6.69. The molecule has 0 saturated carbocycles. The van der Waals surface area contributed by atoms with Crippen molar-refractivity contribution in [1.29, 1.82) is 0 Å². The van der Waals surface area contributed by atoms with Gasteiger partial charge in [-0.15, -0.1) is 0 Å². The van der Waals surface area contributed by atoms with Crippen molar-refractivity contribution in [3.63, 3.8) is 0 Å². The number of benzene rings is 3. The van der Waals surface area contributed by atoms with Crippen LogP contribution in [-0.2, 0) is 4.74 Å². The number of carbonyl (C=O) groups excluding carboxylic acids is 1. The first-order valence-corrected chi connectivity index (χ1v) is 11.8. The average Bonchev–Trinajstić information content (AvgIpc) is 3.38. The number of carbonyl (C=O) groups is 1. The van der Waals surface area contributed by atoms with Gasteiger partial charge < -0.3 is 9.72 Å². The second kappa shape index (κ2) is 7.93. The predicted octanol–water partition coefficient (Wildman–Crippen LogP) is 7.22. The molecular weight excluding hydrogens is 466 g/mol. The third-order valence-corrected chi connectivity index (χ3v) is 6.33. The molecule has 1 aliphatic heterocycles. The summed E-state index contributed by atoms with van der Waals surface area (Å²) in [6, 6.07) is 19.0. The molecule has 0 aliphatic carbocycles. The minimum Gasteiger partial charge on any atom is -0.444 e. The van der Waals surface area contributed by atoms with Gasteiger partial charge in [0, 0.05) is 11.0 Å². The number of ether oxygens (including phenoxy) is 1. The molecule has 6 heteroatoms. The molecular formula is C26H26BrN3O2. The second-order valence-electron chi connectivity index (χ2n) is 9.39. The lowest BCUT2D eigenvalue weighted by molar-refractivity contribution is 0.0219. The van der Waals surface area contributed by atoms with E-state index >= 15 is 0 Å². The maximum atomic E-state index is 12.7. The molecule has 5 nitrogen and oxygen atoms in total. The Bertz CT molecular complexity index is 1320. The minimum absolute atomic E-state index is 0.0835. The van der Waals surface area contributed by atoms with Crippen LogP contribution in [0.4, 0.5) is 4.79 Å². The standard InChI is InChI=1S/C26H26BrN3O2/c1-26(2,3)32-25(31)30-12-4-5-23(30)24-28-21-11-9-19(15-22(21)29-24)16-6-7-18-14-20(27)10-8-17(18)13-16/h6-11,13-15,23H,4-5,12H2,1-3H3,(H,28,29). The fourth-order valence-corrected chi connectivity index (χ4v) is 4.73. The number of H-pyrrole nitrogens is 1.